The van der Waals surface area contributed by atoms with Crippen LogP contribution in [-0.2, 0) is 11.5 Å². The van der Waals surface area contributed by atoms with E-state index in [1.165, 1.54) is 4.90 Å². The van der Waals surface area contributed by atoms with Crippen molar-refractivity contribution in [2.45, 2.75) is 51.3 Å². The van der Waals surface area contributed by atoms with Crippen LogP contribution in [0.1, 0.15) is 12.8 Å². The smallest absolute Gasteiger partial charge is 0.407 e. The summed E-state index contributed by atoms with van der Waals surface area (Å²) in [5, 5.41) is 10.3. The van der Waals surface area contributed by atoms with Crippen molar-refractivity contribution in [3.63, 3.8) is 0 Å². The molecule has 7 nitrogen and oxygen atoms in total. The molecular formula is C19H29N3O4Si. The summed E-state index contributed by atoms with van der Waals surface area (Å²) in [6.45, 7) is 9.21. The third-order valence-electron chi connectivity index (χ3n) is 4.90. The minimum Gasteiger partial charge on any atom is -0.475 e. The van der Waals surface area contributed by atoms with E-state index in [0.29, 0.717) is 25.8 Å². The third-order valence-corrected chi connectivity index (χ3v) is 6.61. The van der Waals surface area contributed by atoms with E-state index in [4.69, 9.17) is 9.47 Å². The van der Waals surface area contributed by atoms with Gasteiger partial charge in [0.05, 0.1) is 11.6 Å². The summed E-state index contributed by atoms with van der Waals surface area (Å²) in [7, 11) is -1.09. The Morgan fingerprint density at radius 3 is 2.96 bits per heavy atom. The van der Waals surface area contributed by atoms with Crippen molar-refractivity contribution in [2.75, 3.05) is 19.8 Å². The summed E-state index contributed by atoms with van der Waals surface area (Å²) in [4.78, 5) is 17.0. The van der Waals surface area contributed by atoms with Gasteiger partial charge in [0.25, 0.3) is 0 Å². The second-order valence-corrected chi connectivity index (χ2v) is 13.9. The average molecular weight is 392 g/mol. The lowest BCUT2D eigenvalue weighted by Gasteiger charge is -2.21. The van der Waals surface area contributed by atoms with E-state index in [-0.39, 0.29) is 6.04 Å². The molecule has 148 valence electrons. The molecule has 1 atom stereocenters. The molecule has 0 aromatic carbocycles. The normalized spacial score (nSPS) is 17.6. The zero-order valence-electron chi connectivity index (χ0n) is 16.4. The zero-order chi connectivity index (χ0) is 19.4. The standard InChI is InChI=1S/C19H29N3O4Si/c1-27(2,3)10-9-25-14-21-8-6-15-12-20-18(11-17(15)21)26-13-16-5-4-7-22(16)19(23)24/h6,8,11-12,16H,4-5,7,9-10,13-14H2,1-3H3,(H,23,24)/t16-/m1/s1. The van der Waals surface area contributed by atoms with Gasteiger partial charge in [0.2, 0.25) is 5.88 Å². The quantitative estimate of drug-likeness (QED) is 0.546. The number of carboxylic acid groups (broad SMARTS) is 1. The van der Waals surface area contributed by atoms with Gasteiger partial charge >= 0.3 is 6.09 Å². The largest absolute Gasteiger partial charge is 0.475 e. The highest BCUT2D eigenvalue weighted by atomic mass is 28.3. The number of nitrogens with zero attached hydrogens (tertiary/aromatic N) is 3. The number of ether oxygens (including phenoxy) is 2. The van der Waals surface area contributed by atoms with E-state index in [1.54, 1.807) is 6.20 Å². The molecule has 1 N–H and O–H groups in total. The van der Waals surface area contributed by atoms with Crippen LogP contribution < -0.4 is 4.74 Å². The van der Waals surface area contributed by atoms with Crippen molar-refractivity contribution in [3.8, 4) is 5.88 Å². The average Bonchev–Trinajstić information content (AvgIpc) is 3.23. The first-order valence-corrected chi connectivity index (χ1v) is 13.2. The second-order valence-electron chi connectivity index (χ2n) is 8.30. The number of hydrogen-bond acceptors (Lipinski definition) is 4. The van der Waals surface area contributed by atoms with Gasteiger partial charge in [-0.3, -0.25) is 0 Å². The lowest BCUT2D eigenvalue weighted by atomic mass is 10.2. The minimum atomic E-state index is -1.09. The lowest BCUT2D eigenvalue weighted by molar-refractivity contribution is 0.0902. The topological polar surface area (TPSA) is 76.8 Å². The highest BCUT2D eigenvalue weighted by Gasteiger charge is 2.29. The van der Waals surface area contributed by atoms with Crippen molar-refractivity contribution in [3.05, 3.63) is 24.5 Å². The van der Waals surface area contributed by atoms with Crippen molar-refractivity contribution < 1.29 is 19.4 Å². The van der Waals surface area contributed by atoms with Gasteiger partial charge in [-0.05, 0) is 25.0 Å². The Bertz CT molecular complexity index is 787. The van der Waals surface area contributed by atoms with Crippen LogP contribution in [0.3, 0.4) is 0 Å². The molecule has 8 heteroatoms. The van der Waals surface area contributed by atoms with E-state index < -0.39 is 14.2 Å². The zero-order valence-corrected chi connectivity index (χ0v) is 17.4. The van der Waals surface area contributed by atoms with Crippen LogP contribution >= 0.6 is 0 Å². The first-order chi connectivity index (χ1) is 12.8. The van der Waals surface area contributed by atoms with Crippen LogP contribution in [0.4, 0.5) is 4.79 Å². The molecular weight excluding hydrogens is 362 g/mol. The van der Waals surface area contributed by atoms with Crippen LogP contribution in [0.25, 0.3) is 10.9 Å². The molecule has 2 aromatic rings. The Hall–Kier alpha value is -2.06. The summed E-state index contributed by atoms with van der Waals surface area (Å²) >= 11 is 0. The fourth-order valence-electron chi connectivity index (χ4n) is 3.24. The van der Waals surface area contributed by atoms with Crippen LogP contribution in [0.2, 0.25) is 25.7 Å². The summed E-state index contributed by atoms with van der Waals surface area (Å²) in [5.74, 6) is 0.516. The Kier molecular flexibility index (Phi) is 6.06. The molecule has 0 unspecified atom stereocenters. The number of hydrogen-bond donors (Lipinski definition) is 1. The molecule has 2 aromatic heterocycles. The Morgan fingerprint density at radius 1 is 1.41 bits per heavy atom. The lowest BCUT2D eigenvalue weighted by Crippen LogP contribution is -2.38. The number of carbonyl (C=O) groups is 1. The molecule has 0 aliphatic carbocycles. The minimum absolute atomic E-state index is 0.100. The fraction of sp³-hybridized carbons (Fsp3) is 0.579. The Labute approximate surface area is 160 Å². The highest BCUT2D eigenvalue weighted by molar-refractivity contribution is 6.76. The van der Waals surface area contributed by atoms with Gasteiger partial charge in [-0.15, -0.1) is 0 Å². The summed E-state index contributed by atoms with van der Waals surface area (Å²) in [5.41, 5.74) is 1.01. The summed E-state index contributed by atoms with van der Waals surface area (Å²) in [6.07, 6.45) is 4.61. The number of rotatable bonds is 8. The number of aromatic nitrogens is 2. The molecule has 0 saturated carbocycles. The first-order valence-electron chi connectivity index (χ1n) is 9.48. The first kappa shape index (κ1) is 19.7. The van der Waals surface area contributed by atoms with Gasteiger partial charge in [0.1, 0.15) is 13.3 Å². The summed E-state index contributed by atoms with van der Waals surface area (Å²) < 4.78 is 13.7. The van der Waals surface area contributed by atoms with Crippen LogP contribution in [-0.4, -0.2) is 59.5 Å². The summed E-state index contributed by atoms with van der Waals surface area (Å²) in [6, 6.07) is 4.95. The molecule has 27 heavy (non-hydrogen) atoms. The number of likely N-dealkylation sites (tertiary alicyclic amines) is 1. The van der Waals surface area contributed by atoms with Gasteiger partial charge < -0.3 is 24.0 Å². The van der Waals surface area contributed by atoms with E-state index >= 15 is 0 Å². The number of amides is 1. The van der Waals surface area contributed by atoms with Gasteiger partial charge in [0.15, 0.2) is 0 Å². The molecule has 1 fully saturated rings. The van der Waals surface area contributed by atoms with E-state index in [9.17, 15) is 9.90 Å². The number of fused-ring (bicyclic) bond motifs is 1. The van der Waals surface area contributed by atoms with E-state index in [0.717, 1.165) is 36.4 Å². The molecule has 1 aliphatic heterocycles. The van der Waals surface area contributed by atoms with Gasteiger partial charge in [0, 0.05) is 45.1 Å². The van der Waals surface area contributed by atoms with E-state index in [2.05, 4.69) is 24.6 Å². The molecule has 1 aliphatic rings. The molecule has 0 bridgehead atoms. The molecule has 3 rings (SSSR count). The highest BCUT2D eigenvalue weighted by Crippen LogP contribution is 2.22. The second kappa shape index (κ2) is 8.31. The molecule has 1 amide bonds. The van der Waals surface area contributed by atoms with Crippen LogP contribution in [0.5, 0.6) is 5.88 Å². The Balaban J connectivity index is 1.60. The predicted octanol–water partition coefficient (Wildman–Crippen LogP) is 3.87. The SMILES string of the molecule is C[Si](C)(C)CCOCn1ccc2cnc(OC[C@H]3CCCN3C(=O)O)cc21. The molecule has 0 radical (unpaired) electrons. The monoisotopic (exact) mass is 391 g/mol. The van der Waals surface area contributed by atoms with Crippen molar-refractivity contribution >= 4 is 25.1 Å². The molecule has 0 spiro atoms. The van der Waals surface area contributed by atoms with Crippen LogP contribution in [0, 0.1) is 0 Å². The fourth-order valence-corrected chi connectivity index (χ4v) is 4.00. The Morgan fingerprint density at radius 2 is 2.22 bits per heavy atom. The maximum absolute atomic E-state index is 11.2. The maximum atomic E-state index is 11.2. The van der Waals surface area contributed by atoms with Crippen molar-refractivity contribution in [2.24, 2.45) is 0 Å². The van der Waals surface area contributed by atoms with Crippen molar-refractivity contribution in [1.29, 1.82) is 0 Å². The maximum Gasteiger partial charge on any atom is 0.407 e. The number of pyridine rings is 1. The third kappa shape index (κ3) is 5.23. The van der Waals surface area contributed by atoms with Gasteiger partial charge in [-0.2, -0.15) is 0 Å². The molecule has 1 saturated heterocycles. The molecule has 3 heterocycles. The van der Waals surface area contributed by atoms with E-state index in [1.807, 2.05) is 22.9 Å². The van der Waals surface area contributed by atoms with Crippen LogP contribution in [0.15, 0.2) is 24.5 Å². The van der Waals surface area contributed by atoms with Crippen molar-refractivity contribution in [1.82, 2.24) is 14.5 Å². The predicted molar refractivity (Wildman–Crippen MR) is 107 cm³/mol. The van der Waals surface area contributed by atoms with Gasteiger partial charge in [-0.1, -0.05) is 19.6 Å². The van der Waals surface area contributed by atoms with Gasteiger partial charge in [-0.25, -0.2) is 9.78 Å².